The molecular formula is C17H19BrN4. The predicted molar refractivity (Wildman–Crippen MR) is 94.2 cm³/mol. The molecule has 2 heterocycles. The summed E-state index contributed by atoms with van der Waals surface area (Å²) in [5, 5.41) is 3.37. The van der Waals surface area contributed by atoms with Crippen molar-refractivity contribution in [2.45, 2.75) is 19.8 Å². The van der Waals surface area contributed by atoms with Crippen LogP contribution in [-0.2, 0) is 13.5 Å². The molecule has 0 aliphatic carbocycles. The van der Waals surface area contributed by atoms with Gasteiger partial charge in [0.15, 0.2) is 0 Å². The maximum absolute atomic E-state index is 4.70. The number of benzene rings is 1. The van der Waals surface area contributed by atoms with E-state index in [4.69, 9.17) is 4.98 Å². The molecule has 22 heavy (non-hydrogen) atoms. The summed E-state index contributed by atoms with van der Waals surface area (Å²) in [4.78, 5) is 9.05. The van der Waals surface area contributed by atoms with Crippen molar-refractivity contribution in [1.82, 2.24) is 14.5 Å². The molecule has 0 aliphatic rings. The largest absolute Gasteiger partial charge is 0.370 e. The quantitative estimate of drug-likeness (QED) is 0.698. The third kappa shape index (κ3) is 3.14. The van der Waals surface area contributed by atoms with Crippen molar-refractivity contribution in [2.75, 3.05) is 11.9 Å². The molecule has 0 saturated carbocycles. The highest BCUT2D eigenvalue weighted by molar-refractivity contribution is 9.10. The van der Waals surface area contributed by atoms with Gasteiger partial charge in [-0.05, 0) is 53.0 Å². The summed E-state index contributed by atoms with van der Waals surface area (Å²) in [6.07, 6.45) is 3.81. The van der Waals surface area contributed by atoms with Gasteiger partial charge in [0.2, 0.25) is 0 Å². The summed E-state index contributed by atoms with van der Waals surface area (Å²) in [5.74, 6) is 2.05. The summed E-state index contributed by atoms with van der Waals surface area (Å²) in [7, 11) is 2.08. The maximum Gasteiger partial charge on any atom is 0.126 e. The average molecular weight is 359 g/mol. The smallest absolute Gasteiger partial charge is 0.126 e. The van der Waals surface area contributed by atoms with Crippen molar-refractivity contribution in [3.8, 4) is 0 Å². The third-order valence-electron chi connectivity index (χ3n) is 3.81. The van der Waals surface area contributed by atoms with Gasteiger partial charge >= 0.3 is 0 Å². The minimum absolute atomic E-state index is 0.886. The maximum atomic E-state index is 4.70. The van der Waals surface area contributed by atoms with E-state index in [-0.39, 0.29) is 0 Å². The van der Waals surface area contributed by atoms with Gasteiger partial charge in [-0.3, -0.25) is 0 Å². The molecule has 0 bridgehead atoms. The van der Waals surface area contributed by atoms with Crippen LogP contribution in [0.15, 0.2) is 41.0 Å². The molecule has 1 N–H and O–H groups in total. The van der Waals surface area contributed by atoms with Crippen LogP contribution in [0.2, 0.25) is 0 Å². The van der Waals surface area contributed by atoms with E-state index >= 15 is 0 Å². The number of aromatic nitrogens is 3. The zero-order chi connectivity index (χ0) is 15.5. The molecule has 2 aromatic heterocycles. The Kier molecular flexibility index (Phi) is 4.43. The molecule has 114 valence electrons. The van der Waals surface area contributed by atoms with Crippen molar-refractivity contribution >= 4 is 32.8 Å². The first-order chi connectivity index (χ1) is 10.6. The van der Waals surface area contributed by atoms with Gasteiger partial charge in [0.1, 0.15) is 11.6 Å². The van der Waals surface area contributed by atoms with Crippen LogP contribution in [0.5, 0.6) is 0 Å². The minimum atomic E-state index is 0.886. The van der Waals surface area contributed by atoms with Crippen LogP contribution in [0.4, 0.5) is 5.82 Å². The lowest BCUT2D eigenvalue weighted by molar-refractivity contribution is 0.752. The summed E-state index contributed by atoms with van der Waals surface area (Å²) < 4.78 is 3.22. The van der Waals surface area contributed by atoms with Gasteiger partial charge in [-0.25, -0.2) is 9.97 Å². The number of hydrogen-bond acceptors (Lipinski definition) is 3. The first kappa shape index (κ1) is 15.0. The fraction of sp³-hybridized carbons (Fsp3) is 0.294. The molecule has 0 fully saturated rings. The van der Waals surface area contributed by atoms with E-state index in [9.17, 15) is 0 Å². The SMILES string of the molecule is Cc1cc(NCCCc2nc3ccccc3n2C)ncc1Br. The summed E-state index contributed by atoms with van der Waals surface area (Å²) in [6.45, 7) is 2.95. The molecule has 0 atom stereocenters. The molecule has 3 rings (SSSR count). The Hall–Kier alpha value is -1.88. The normalized spacial score (nSPS) is 11.0. The van der Waals surface area contributed by atoms with E-state index in [1.807, 2.05) is 12.3 Å². The lowest BCUT2D eigenvalue weighted by Gasteiger charge is -2.07. The number of nitrogens with one attached hydrogen (secondary N) is 1. The number of halogens is 1. The van der Waals surface area contributed by atoms with Crippen LogP contribution >= 0.6 is 15.9 Å². The van der Waals surface area contributed by atoms with E-state index in [1.165, 1.54) is 11.1 Å². The number of para-hydroxylation sites is 2. The Morgan fingerprint density at radius 2 is 2.09 bits per heavy atom. The first-order valence-electron chi connectivity index (χ1n) is 7.41. The van der Waals surface area contributed by atoms with Crippen molar-refractivity contribution < 1.29 is 0 Å². The lowest BCUT2D eigenvalue weighted by Crippen LogP contribution is -2.07. The third-order valence-corrected chi connectivity index (χ3v) is 4.64. The van der Waals surface area contributed by atoms with Gasteiger partial charge in [-0.2, -0.15) is 0 Å². The highest BCUT2D eigenvalue weighted by Gasteiger charge is 2.06. The Bertz CT molecular complexity index is 794. The standard InChI is InChI=1S/C17H19BrN4/c1-12-10-16(20-11-13(12)18)19-9-5-8-17-21-14-6-3-4-7-15(14)22(17)2/h3-4,6-7,10-11H,5,8-9H2,1-2H3,(H,19,20). The Morgan fingerprint density at radius 3 is 2.86 bits per heavy atom. The van der Waals surface area contributed by atoms with Crippen LogP contribution in [0.1, 0.15) is 17.8 Å². The van der Waals surface area contributed by atoms with Gasteiger partial charge < -0.3 is 9.88 Å². The second kappa shape index (κ2) is 6.48. The van der Waals surface area contributed by atoms with Gasteiger partial charge in [-0.15, -0.1) is 0 Å². The molecule has 1 aromatic carbocycles. The average Bonchev–Trinajstić information content (AvgIpc) is 2.84. The number of aryl methyl sites for hydroxylation is 3. The fourth-order valence-corrected chi connectivity index (χ4v) is 2.73. The zero-order valence-electron chi connectivity index (χ0n) is 12.8. The second-order valence-electron chi connectivity index (χ2n) is 5.42. The van der Waals surface area contributed by atoms with Crippen molar-refractivity contribution in [1.29, 1.82) is 0 Å². The lowest BCUT2D eigenvalue weighted by atomic mass is 10.2. The zero-order valence-corrected chi connectivity index (χ0v) is 14.4. The minimum Gasteiger partial charge on any atom is -0.370 e. The topological polar surface area (TPSA) is 42.7 Å². The molecule has 0 amide bonds. The summed E-state index contributed by atoms with van der Waals surface area (Å²) >= 11 is 3.47. The molecule has 0 radical (unpaired) electrons. The van der Waals surface area contributed by atoms with E-state index in [0.717, 1.165) is 41.0 Å². The van der Waals surface area contributed by atoms with Crippen LogP contribution in [0, 0.1) is 6.92 Å². The van der Waals surface area contributed by atoms with Crippen LogP contribution in [-0.4, -0.2) is 21.1 Å². The van der Waals surface area contributed by atoms with Crippen molar-refractivity contribution in [3.63, 3.8) is 0 Å². The fourth-order valence-electron chi connectivity index (χ4n) is 2.52. The summed E-state index contributed by atoms with van der Waals surface area (Å²) in [5.41, 5.74) is 3.45. The number of rotatable bonds is 5. The van der Waals surface area contributed by atoms with Crippen LogP contribution in [0.3, 0.4) is 0 Å². The monoisotopic (exact) mass is 358 g/mol. The Balaban J connectivity index is 1.58. The molecule has 0 saturated heterocycles. The summed E-state index contributed by atoms with van der Waals surface area (Å²) in [6, 6.07) is 10.3. The number of fused-ring (bicyclic) bond motifs is 1. The molecule has 5 heteroatoms. The van der Waals surface area contributed by atoms with E-state index in [0.29, 0.717) is 0 Å². The molecule has 4 nitrogen and oxygen atoms in total. The molecule has 0 aliphatic heterocycles. The van der Waals surface area contributed by atoms with E-state index in [1.54, 1.807) is 0 Å². The first-order valence-corrected chi connectivity index (χ1v) is 8.21. The molecule has 0 unspecified atom stereocenters. The molecule has 0 spiro atoms. The number of anilines is 1. The number of hydrogen-bond donors (Lipinski definition) is 1. The van der Waals surface area contributed by atoms with Gasteiger partial charge in [-0.1, -0.05) is 12.1 Å². The Morgan fingerprint density at radius 1 is 1.27 bits per heavy atom. The molecular weight excluding hydrogens is 340 g/mol. The van der Waals surface area contributed by atoms with E-state index < -0.39 is 0 Å². The Labute approximate surface area is 138 Å². The number of pyridine rings is 1. The number of imidazole rings is 1. The molecule has 3 aromatic rings. The second-order valence-corrected chi connectivity index (χ2v) is 6.28. The highest BCUT2D eigenvalue weighted by atomic mass is 79.9. The van der Waals surface area contributed by atoms with Gasteiger partial charge in [0, 0.05) is 30.7 Å². The number of nitrogens with zero attached hydrogens (tertiary/aromatic N) is 3. The predicted octanol–water partition coefficient (Wildman–Crippen LogP) is 4.08. The van der Waals surface area contributed by atoms with Crippen LogP contribution < -0.4 is 5.32 Å². The van der Waals surface area contributed by atoms with Crippen LogP contribution in [0.25, 0.3) is 11.0 Å². The van der Waals surface area contributed by atoms with Crippen molar-refractivity contribution in [2.24, 2.45) is 7.05 Å². The van der Waals surface area contributed by atoms with Gasteiger partial charge in [0.05, 0.1) is 11.0 Å². The van der Waals surface area contributed by atoms with Crippen molar-refractivity contribution in [3.05, 3.63) is 52.4 Å². The van der Waals surface area contributed by atoms with Gasteiger partial charge in [0.25, 0.3) is 0 Å². The van der Waals surface area contributed by atoms with E-state index in [2.05, 4.69) is 69.0 Å². The highest BCUT2D eigenvalue weighted by Crippen LogP contribution is 2.18.